The van der Waals surface area contributed by atoms with E-state index in [0.717, 1.165) is 49.4 Å². The number of carbonyl (C=O) groups is 1. The number of aliphatic hydroxyl groups is 1. The van der Waals surface area contributed by atoms with Crippen molar-refractivity contribution in [2.75, 3.05) is 0 Å². The van der Waals surface area contributed by atoms with Crippen molar-refractivity contribution in [2.24, 2.45) is 34.5 Å². The van der Waals surface area contributed by atoms with Gasteiger partial charge in [0, 0.05) is 16.0 Å². The molecule has 5 rings (SSSR count). The van der Waals surface area contributed by atoms with Gasteiger partial charge in [0.15, 0.2) is 5.78 Å². The van der Waals surface area contributed by atoms with Crippen LogP contribution in [0.25, 0.3) is 6.08 Å². The molecule has 0 amide bonds. The number of carbonyl (C=O) groups excluding carboxylic acids is 1. The van der Waals surface area contributed by atoms with Gasteiger partial charge in [-0.05, 0) is 110 Å². The Kier molecular flexibility index (Phi) is 5.69. The molecule has 4 aliphatic carbocycles. The molecule has 172 valence electrons. The van der Waals surface area contributed by atoms with E-state index in [1.54, 1.807) is 24.3 Å². The second-order valence-electron chi connectivity index (χ2n) is 11.3. The molecule has 0 heterocycles. The summed E-state index contributed by atoms with van der Waals surface area (Å²) < 4.78 is 0.891. The maximum absolute atomic E-state index is 13.3. The third kappa shape index (κ3) is 3.53. The number of rotatable bonds is 3. The molecule has 0 spiro atoms. The highest BCUT2D eigenvalue weighted by Gasteiger charge is 2.59. The van der Waals surface area contributed by atoms with Crippen LogP contribution in [0.1, 0.15) is 70.8 Å². The van der Waals surface area contributed by atoms with Gasteiger partial charge in [0.25, 0.3) is 0 Å². The lowest BCUT2D eigenvalue weighted by atomic mass is 9.47. The summed E-state index contributed by atoms with van der Waals surface area (Å²) in [5.41, 5.74) is 2.48. The van der Waals surface area contributed by atoms with Crippen molar-refractivity contribution in [3.63, 3.8) is 0 Å². The molecule has 3 saturated carbocycles. The lowest BCUT2D eigenvalue weighted by Gasteiger charge is -2.57. The molecule has 3 nitrogen and oxygen atoms in total. The zero-order valence-electron chi connectivity index (χ0n) is 19.2. The summed E-state index contributed by atoms with van der Waals surface area (Å²) in [6, 6.07) is 5.29. The van der Waals surface area contributed by atoms with Gasteiger partial charge in [0.2, 0.25) is 0 Å². The minimum absolute atomic E-state index is 0.0673. The van der Waals surface area contributed by atoms with Gasteiger partial charge in [-0.2, -0.15) is 0 Å². The maximum Gasteiger partial charge on any atom is 0.159 e. The molecule has 0 saturated heterocycles. The molecule has 0 aromatic heterocycles. The second-order valence-corrected chi connectivity index (χ2v) is 12.2. The molecule has 4 heteroatoms. The van der Waals surface area contributed by atoms with E-state index in [-0.39, 0.29) is 34.4 Å². The summed E-state index contributed by atoms with van der Waals surface area (Å²) in [7, 11) is 0. The minimum atomic E-state index is -0.162. The maximum atomic E-state index is 13.3. The molecule has 0 radical (unpaired) electrons. The van der Waals surface area contributed by atoms with Crippen molar-refractivity contribution < 1.29 is 15.0 Å². The first-order chi connectivity index (χ1) is 15.2. The van der Waals surface area contributed by atoms with Crippen molar-refractivity contribution in [1.82, 2.24) is 0 Å². The van der Waals surface area contributed by atoms with E-state index >= 15 is 0 Å². The summed E-state index contributed by atoms with van der Waals surface area (Å²) >= 11 is 3.44. The Morgan fingerprint density at radius 1 is 1.12 bits per heavy atom. The predicted molar refractivity (Wildman–Crippen MR) is 131 cm³/mol. The van der Waals surface area contributed by atoms with Crippen LogP contribution in [-0.4, -0.2) is 22.1 Å². The zero-order chi connectivity index (χ0) is 22.7. The minimum Gasteiger partial charge on any atom is -0.507 e. The van der Waals surface area contributed by atoms with E-state index in [1.807, 2.05) is 6.07 Å². The van der Waals surface area contributed by atoms with Gasteiger partial charge in [0.05, 0.1) is 6.10 Å². The Morgan fingerprint density at radius 3 is 2.75 bits per heavy atom. The highest BCUT2D eigenvalue weighted by atomic mass is 79.9. The fraction of sp³-hybridized carbons (Fsp3) is 0.607. The molecule has 2 N–H and O–H groups in total. The monoisotopic (exact) mass is 498 g/mol. The van der Waals surface area contributed by atoms with Crippen LogP contribution in [-0.2, 0) is 4.79 Å². The SMILES string of the molecule is C[C@]12CCC3C(CC=C4C[C@@H](O)CC[C@@]43C)C1CCC2C(=O)/C=C/c1cc(Br)ccc1O. The number of aliphatic hydroxyl groups excluding tert-OH is 1. The molecule has 3 fully saturated rings. The Morgan fingerprint density at radius 2 is 1.94 bits per heavy atom. The number of hydrogen-bond donors (Lipinski definition) is 2. The van der Waals surface area contributed by atoms with Crippen molar-refractivity contribution in [2.45, 2.75) is 71.3 Å². The van der Waals surface area contributed by atoms with Gasteiger partial charge in [-0.25, -0.2) is 0 Å². The van der Waals surface area contributed by atoms with Crippen LogP contribution < -0.4 is 0 Å². The number of ketones is 1. The first-order valence-electron chi connectivity index (χ1n) is 12.3. The van der Waals surface area contributed by atoms with Crippen molar-refractivity contribution in [1.29, 1.82) is 0 Å². The van der Waals surface area contributed by atoms with E-state index in [0.29, 0.717) is 23.3 Å². The molecule has 4 unspecified atom stereocenters. The van der Waals surface area contributed by atoms with Crippen LogP contribution in [0.3, 0.4) is 0 Å². The van der Waals surface area contributed by atoms with E-state index < -0.39 is 0 Å². The second kappa shape index (κ2) is 8.13. The third-order valence-corrected chi connectivity index (χ3v) is 10.3. The van der Waals surface area contributed by atoms with Gasteiger partial charge < -0.3 is 10.2 Å². The fourth-order valence-electron chi connectivity index (χ4n) is 8.06. The summed E-state index contributed by atoms with van der Waals surface area (Å²) in [4.78, 5) is 13.3. The van der Waals surface area contributed by atoms with Crippen molar-refractivity contribution in [3.05, 3.63) is 46.0 Å². The first-order valence-corrected chi connectivity index (χ1v) is 13.1. The summed E-state index contributed by atoms with van der Waals surface area (Å²) in [6.07, 6.45) is 14.2. The molecule has 32 heavy (non-hydrogen) atoms. The topological polar surface area (TPSA) is 57.5 Å². The molecule has 0 bridgehead atoms. The van der Waals surface area contributed by atoms with Gasteiger partial charge in [0.1, 0.15) is 5.75 Å². The van der Waals surface area contributed by atoms with E-state index in [1.165, 1.54) is 12.0 Å². The van der Waals surface area contributed by atoms with Crippen LogP contribution >= 0.6 is 15.9 Å². The third-order valence-electron chi connectivity index (χ3n) is 9.84. The van der Waals surface area contributed by atoms with Crippen molar-refractivity contribution >= 4 is 27.8 Å². The number of benzene rings is 1. The van der Waals surface area contributed by atoms with Crippen LogP contribution in [0.5, 0.6) is 5.75 Å². The quantitative estimate of drug-likeness (QED) is 0.361. The first kappa shape index (κ1) is 22.4. The number of allylic oxidation sites excluding steroid dienone is 2. The highest BCUT2D eigenvalue weighted by Crippen LogP contribution is 2.66. The number of fused-ring (bicyclic) bond motifs is 5. The number of hydrogen-bond acceptors (Lipinski definition) is 3. The van der Waals surface area contributed by atoms with Gasteiger partial charge in [-0.1, -0.05) is 41.4 Å². The average Bonchev–Trinajstić information content (AvgIpc) is 3.12. The largest absolute Gasteiger partial charge is 0.507 e. The molecule has 1 aromatic carbocycles. The summed E-state index contributed by atoms with van der Waals surface area (Å²) in [6.45, 7) is 4.83. The summed E-state index contributed by atoms with van der Waals surface area (Å²) in [5, 5.41) is 20.3. The fourth-order valence-corrected chi connectivity index (χ4v) is 8.43. The van der Waals surface area contributed by atoms with Gasteiger partial charge in [-0.15, -0.1) is 0 Å². The Labute approximate surface area is 200 Å². The van der Waals surface area contributed by atoms with E-state index in [4.69, 9.17) is 0 Å². The number of halogens is 1. The molecule has 0 aliphatic heterocycles. The van der Waals surface area contributed by atoms with E-state index in [9.17, 15) is 15.0 Å². The van der Waals surface area contributed by atoms with Gasteiger partial charge in [-0.3, -0.25) is 4.79 Å². The highest BCUT2D eigenvalue weighted by molar-refractivity contribution is 9.10. The Hall–Kier alpha value is -1.39. The standard InChI is InChI=1S/C28H35BrO3/c1-27-13-11-20(30)16-18(27)4-6-21-22-7-8-24(28(22,2)14-12-23(21)27)26(32)9-3-17-15-19(29)5-10-25(17)31/h3-5,9-10,15,20-24,30-31H,6-8,11-14,16H2,1-2H3/b9-3+/t20-,21?,22?,23?,24?,27-,28-/m0/s1. The van der Waals surface area contributed by atoms with E-state index in [2.05, 4.69) is 35.9 Å². The predicted octanol–water partition coefficient (Wildman–Crippen LogP) is 6.68. The zero-order valence-corrected chi connectivity index (χ0v) is 20.8. The molecule has 4 aliphatic rings. The Bertz CT molecular complexity index is 981. The molecular weight excluding hydrogens is 464 g/mol. The average molecular weight is 499 g/mol. The van der Waals surface area contributed by atoms with Crippen LogP contribution in [0, 0.1) is 34.5 Å². The number of phenolic OH excluding ortho intramolecular Hbond substituents is 1. The van der Waals surface area contributed by atoms with Crippen LogP contribution in [0.15, 0.2) is 40.4 Å². The lowest BCUT2D eigenvalue weighted by molar-refractivity contribution is -0.124. The van der Waals surface area contributed by atoms with Crippen LogP contribution in [0.4, 0.5) is 0 Å². The number of phenols is 1. The molecular formula is C28H35BrO3. The number of aromatic hydroxyl groups is 1. The molecule has 1 aromatic rings. The smallest absolute Gasteiger partial charge is 0.159 e. The van der Waals surface area contributed by atoms with Crippen molar-refractivity contribution in [3.8, 4) is 5.75 Å². The lowest BCUT2D eigenvalue weighted by Crippen LogP contribution is -2.50. The summed E-state index contributed by atoms with van der Waals surface area (Å²) in [5.74, 6) is 2.44. The molecule has 7 atom stereocenters. The van der Waals surface area contributed by atoms with Crippen LogP contribution in [0.2, 0.25) is 0 Å². The Balaban J connectivity index is 1.36. The van der Waals surface area contributed by atoms with Gasteiger partial charge >= 0.3 is 0 Å². The normalized spacial score (nSPS) is 41.0.